The Balaban J connectivity index is 1.50. The predicted molar refractivity (Wildman–Crippen MR) is 118 cm³/mol. The number of H-pyrrole nitrogens is 1. The third-order valence-corrected chi connectivity index (χ3v) is 5.26. The van der Waals surface area contributed by atoms with Crippen LogP contribution in [-0.4, -0.2) is 56.6 Å². The summed E-state index contributed by atoms with van der Waals surface area (Å²) in [7, 11) is 7.44. The Labute approximate surface area is 177 Å². The van der Waals surface area contributed by atoms with Gasteiger partial charge >= 0.3 is 0 Å². The average molecular weight is 409 g/mol. The second-order valence-electron chi connectivity index (χ2n) is 7.62. The van der Waals surface area contributed by atoms with E-state index >= 15 is 0 Å². The fourth-order valence-electron chi connectivity index (χ4n) is 3.71. The highest BCUT2D eigenvalue weighted by atomic mass is 16.5. The summed E-state index contributed by atoms with van der Waals surface area (Å²) in [6, 6.07) is 11.9. The predicted octanol–water partition coefficient (Wildman–Crippen LogP) is 4.07. The highest BCUT2D eigenvalue weighted by molar-refractivity contribution is 5.81. The Morgan fingerprint density at radius 1 is 1.07 bits per heavy atom. The van der Waals surface area contributed by atoms with Gasteiger partial charge in [-0.15, -0.1) is 0 Å². The molecule has 0 radical (unpaired) electrons. The van der Waals surface area contributed by atoms with E-state index in [0.717, 1.165) is 59.4 Å². The molecule has 0 atom stereocenters. The highest BCUT2D eigenvalue weighted by Crippen LogP contribution is 2.42. The molecule has 0 saturated carbocycles. The van der Waals surface area contributed by atoms with E-state index in [1.807, 2.05) is 24.3 Å². The number of hydrogen-bond acceptors (Lipinski definition) is 6. The number of aromatic amines is 1. The molecule has 1 aliphatic carbocycles. The lowest BCUT2D eigenvalue weighted by Crippen LogP contribution is -2.15. The van der Waals surface area contributed by atoms with Crippen molar-refractivity contribution in [1.82, 2.24) is 15.1 Å². The van der Waals surface area contributed by atoms with Crippen molar-refractivity contribution in [2.24, 2.45) is 0 Å². The van der Waals surface area contributed by atoms with Gasteiger partial charge in [-0.25, -0.2) is 0 Å². The molecule has 2 N–H and O–H groups in total. The maximum Gasteiger partial charge on any atom is 0.156 e. The van der Waals surface area contributed by atoms with E-state index in [0.29, 0.717) is 6.61 Å². The number of rotatable bonds is 9. The second-order valence-corrected chi connectivity index (χ2v) is 7.62. The fraction of sp³-hybridized carbons (Fsp3) is 0.348. The Morgan fingerprint density at radius 2 is 1.90 bits per heavy atom. The van der Waals surface area contributed by atoms with Crippen molar-refractivity contribution in [3.8, 4) is 28.5 Å². The lowest BCUT2D eigenvalue weighted by atomic mass is 10.1. The first-order valence-corrected chi connectivity index (χ1v) is 10.1. The minimum Gasteiger partial charge on any atom is -0.497 e. The summed E-state index contributed by atoms with van der Waals surface area (Å²) in [4.78, 5) is 2.16. The SMILES string of the molecule is COc1ccc(OC)c(Nc2n[nH]c3c2Cc2cc(OCCCN(C)C)ccc2-3)c1. The van der Waals surface area contributed by atoms with Crippen LogP contribution in [0, 0.1) is 0 Å². The largest absolute Gasteiger partial charge is 0.497 e. The molecular formula is C23H28N4O3. The van der Waals surface area contributed by atoms with E-state index in [1.54, 1.807) is 14.2 Å². The lowest BCUT2D eigenvalue weighted by Gasteiger charge is -2.12. The lowest BCUT2D eigenvalue weighted by molar-refractivity contribution is 0.281. The standard InChI is InChI=1S/C23H28N4O3/c1-27(2)10-5-11-30-17-6-8-18-15(12-17)13-19-22(18)25-26-23(19)24-20-14-16(28-3)7-9-21(20)29-4/h6-9,12,14H,5,10-11,13H2,1-4H3,(H2,24,25,26). The van der Waals surface area contributed by atoms with Crippen LogP contribution >= 0.6 is 0 Å². The molecule has 0 bridgehead atoms. The van der Waals surface area contributed by atoms with Crippen LogP contribution in [0.3, 0.4) is 0 Å². The fourth-order valence-corrected chi connectivity index (χ4v) is 3.71. The molecule has 30 heavy (non-hydrogen) atoms. The summed E-state index contributed by atoms with van der Waals surface area (Å²) in [6.07, 6.45) is 1.80. The van der Waals surface area contributed by atoms with Crippen LogP contribution in [0.25, 0.3) is 11.3 Å². The van der Waals surface area contributed by atoms with Gasteiger partial charge in [-0.3, -0.25) is 5.10 Å². The Morgan fingerprint density at radius 3 is 2.67 bits per heavy atom. The number of nitrogens with zero attached hydrogens (tertiary/aromatic N) is 2. The van der Waals surface area contributed by atoms with E-state index in [2.05, 4.69) is 46.6 Å². The molecule has 0 spiro atoms. The van der Waals surface area contributed by atoms with Crippen molar-refractivity contribution in [2.75, 3.05) is 46.8 Å². The zero-order chi connectivity index (χ0) is 21.1. The Kier molecular flexibility index (Phi) is 5.81. The van der Waals surface area contributed by atoms with E-state index in [-0.39, 0.29) is 0 Å². The van der Waals surface area contributed by atoms with Crippen LogP contribution in [-0.2, 0) is 6.42 Å². The Bertz CT molecular complexity index is 1030. The van der Waals surface area contributed by atoms with Crippen molar-refractivity contribution < 1.29 is 14.2 Å². The van der Waals surface area contributed by atoms with Crippen molar-refractivity contribution in [2.45, 2.75) is 12.8 Å². The van der Waals surface area contributed by atoms with Crippen LogP contribution < -0.4 is 19.5 Å². The van der Waals surface area contributed by atoms with Gasteiger partial charge in [0, 0.05) is 30.2 Å². The molecule has 0 unspecified atom stereocenters. The third kappa shape index (κ3) is 4.07. The van der Waals surface area contributed by atoms with Crippen LogP contribution in [0.5, 0.6) is 17.2 Å². The molecule has 0 aliphatic heterocycles. The molecule has 2 aromatic carbocycles. The zero-order valence-electron chi connectivity index (χ0n) is 17.9. The van der Waals surface area contributed by atoms with Gasteiger partial charge in [0.25, 0.3) is 0 Å². The molecule has 1 aliphatic rings. The van der Waals surface area contributed by atoms with E-state index in [9.17, 15) is 0 Å². The van der Waals surface area contributed by atoms with E-state index in [4.69, 9.17) is 14.2 Å². The molecule has 7 heteroatoms. The zero-order valence-corrected chi connectivity index (χ0v) is 17.9. The number of aromatic nitrogens is 2. The average Bonchev–Trinajstić information content (AvgIpc) is 3.30. The summed E-state index contributed by atoms with van der Waals surface area (Å²) < 4.78 is 16.8. The number of benzene rings is 2. The molecule has 0 amide bonds. The summed E-state index contributed by atoms with van der Waals surface area (Å²) in [5.74, 6) is 3.19. The molecule has 3 aromatic rings. The van der Waals surface area contributed by atoms with E-state index < -0.39 is 0 Å². The summed E-state index contributed by atoms with van der Waals surface area (Å²) in [5.41, 5.74) is 5.41. The normalized spacial score (nSPS) is 11.9. The molecule has 4 rings (SSSR count). The first-order chi connectivity index (χ1) is 14.6. The highest BCUT2D eigenvalue weighted by Gasteiger charge is 2.25. The summed E-state index contributed by atoms with van der Waals surface area (Å²) in [5, 5.41) is 11.1. The van der Waals surface area contributed by atoms with Crippen LogP contribution in [0.4, 0.5) is 11.5 Å². The summed E-state index contributed by atoms with van der Waals surface area (Å²) >= 11 is 0. The number of nitrogens with one attached hydrogen (secondary N) is 2. The minimum atomic E-state index is 0.715. The van der Waals surface area contributed by atoms with Crippen molar-refractivity contribution in [3.05, 3.63) is 47.5 Å². The molecular weight excluding hydrogens is 380 g/mol. The molecule has 0 saturated heterocycles. The number of methoxy groups -OCH3 is 2. The number of ether oxygens (including phenoxy) is 3. The molecule has 1 heterocycles. The minimum absolute atomic E-state index is 0.715. The quantitative estimate of drug-likeness (QED) is 0.407. The van der Waals surface area contributed by atoms with Gasteiger partial charge in [0.05, 0.1) is 32.2 Å². The molecule has 158 valence electrons. The van der Waals surface area contributed by atoms with Crippen molar-refractivity contribution in [1.29, 1.82) is 0 Å². The maximum absolute atomic E-state index is 5.94. The summed E-state index contributed by atoms with van der Waals surface area (Å²) in [6.45, 7) is 1.73. The first kappa shape index (κ1) is 20.1. The van der Waals surface area contributed by atoms with Crippen LogP contribution in [0.15, 0.2) is 36.4 Å². The number of fused-ring (bicyclic) bond motifs is 3. The molecule has 0 fully saturated rings. The number of anilines is 2. The number of hydrogen-bond donors (Lipinski definition) is 2. The third-order valence-electron chi connectivity index (χ3n) is 5.26. The molecule has 1 aromatic heterocycles. The van der Waals surface area contributed by atoms with E-state index in [1.165, 1.54) is 11.1 Å². The topological polar surface area (TPSA) is 71.6 Å². The van der Waals surface area contributed by atoms with Gasteiger partial charge < -0.3 is 24.4 Å². The van der Waals surface area contributed by atoms with Crippen molar-refractivity contribution in [3.63, 3.8) is 0 Å². The van der Waals surface area contributed by atoms with Gasteiger partial charge in [0.15, 0.2) is 5.82 Å². The maximum atomic E-state index is 5.94. The van der Waals surface area contributed by atoms with Gasteiger partial charge in [-0.2, -0.15) is 5.10 Å². The van der Waals surface area contributed by atoms with Gasteiger partial charge in [0.2, 0.25) is 0 Å². The Hall–Kier alpha value is -3.19. The van der Waals surface area contributed by atoms with Crippen LogP contribution in [0.2, 0.25) is 0 Å². The van der Waals surface area contributed by atoms with Gasteiger partial charge in [0.1, 0.15) is 17.2 Å². The van der Waals surface area contributed by atoms with Crippen LogP contribution in [0.1, 0.15) is 17.5 Å². The van der Waals surface area contributed by atoms with Gasteiger partial charge in [-0.1, -0.05) is 0 Å². The molecule has 7 nitrogen and oxygen atoms in total. The monoisotopic (exact) mass is 408 g/mol. The first-order valence-electron chi connectivity index (χ1n) is 10.1. The van der Waals surface area contributed by atoms with Crippen molar-refractivity contribution >= 4 is 11.5 Å². The smallest absolute Gasteiger partial charge is 0.156 e. The second kappa shape index (κ2) is 8.67. The van der Waals surface area contributed by atoms with Gasteiger partial charge in [-0.05, 0) is 56.4 Å².